The first-order chi connectivity index (χ1) is 10.5. The molecule has 0 bridgehead atoms. The minimum atomic E-state index is 0.0776. The van der Waals surface area contributed by atoms with Crippen molar-refractivity contribution in [3.8, 4) is 20.2 Å². The Labute approximate surface area is 136 Å². The van der Waals surface area contributed by atoms with Gasteiger partial charge in [-0.3, -0.25) is 10.8 Å². The largest absolute Gasteiger partial charge is 0.384 e. The molecule has 110 valence electrons. The maximum atomic E-state index is 7.47. The van der Waals surface area contributed by atoms with E-state index in [9.17, 15) is 0 Å². The van der Waals surface area contributed by atoms with Crippen LogP contribution in [0, 0.1) is 10.8 Å². The van der Waals surface area contributed by atoms with Crippen molar-refractivity contribution in [1.82, 2.24) is 0 Å². The van der Waals surface area contributed by atoms with Crippen LogP contribution in [0.2, 0.25) is 0 Å². The highest BCUT2D eigenvalue weighted by Crippen LogP contribution is 2.37. The average molecular weight is 326 g/mol. The normalized spacial score (nSPS) is 10.5. The molecule has 0 saturated heterocycles. The van der Waals surface area contributed by atoms with Crippen molar-refractivity contribution >= 4 is 34.3 Å². The molecule has 3 aromatic rings. The first kappa shape index (κ1) is 14.5. The Bertz CT molecular complexity index is 843. The van der Waals surface area contributed by atoms with Crippen LogP contribution in [0.25, 0.3) is 20.2 Å². The van der Waals surface area contributed by atoms with Gasteiger partial charge in [0, 0.05) is 20.2 Å². The molecule has 0 amide bonds. The smallest absolute Gasteiger partial charge is 0.133 e. The molecule has 0 atom stereocenters. The molecule has 0 aliphatic heterocycles. The predicted molar refractivity (Wildman–Crippen MR) is 95.1 cm³/mol. The van der Waals surface area contributed by atoms with Gasteiger partial charge in [0.1, 0.15) is 11.7 Å². The molecule has 0 unspecified atom stereocenters. The fourth-order valence-corrected chi connectivity index (χ4v) is 4.02. The van der Waals surface area contributed by atoms with Crippen LogP contribution < -0.4 is 11.5 Å². The number of hydrogen-bond donors (Lipinski definition) is 4. The molecule has 1 aromatic carbocycles. The molecule has 2 heterocycles. The lowest BCUT2D eigenvalue weighted by Gasteiger charge is -2.00. The maximum Gasteiger partial charge on any atom is 0.133 e. The van der Waals surface area contributed by atoms with Crippen LogP contribution in [0.3, 0.4) is 0 Å². The summed E-state index contributed by atoms with van der Waals surface area (Å²) in [6.45, 7) is 0. The van der Waals surface area contributed by atoms with Crippen molar-refractivity contribution in [1.29, 1.82) is 10.8 Å². The van der Waals surface area contributed by atoms with Gasteiger partial charge in [-0.1, -0.05) is 24.3 Å². The van der Waals surface area contributed by atoms with Crippen molar-refractivity contribution < 1.29 is 0 Å². The molecule has 6 N–H and O–H groups in total. The Kier molecular flexibility index (Phi) is 3.79. The third kappa shape index (κ3) is 2.79. The van der Waals surface area contributed by atoms with E-state index in [0.29, 0.717) is 0 Å². The second kappa shape index (κ2) is 5.75. The van der Waals surface area contributed by atoms with Gasteiger partial charge in [-0.05, 0) is 29.8 Å². The van der Waals surface area contributed by atoms with Gasteiger partial charge in [0.15, 0.2) is 0 Å². The van der Waals surface area contributed by atoms with Crippen LogP contribution in [-0.4, -0.2) is 11.7 Å². The van der Waals surface area contributed by atoms with Crippen molar-refractivity contribution in [2.75, 3.05) is 0 Å². The van der Waals surface area contributed by atoms with Gasteiger partial charge in [0.05, 0.1) is 4.88 Å². The van der Waals surface area contributed by atoms with Crippen molar-refractivity contribution in [2.45, 2.75) is 0 Å². The highest BCUT2D eigenvalue weighted by molar-refractivity contribution is 7.24. The number of nitrogen functional groups attached to an aromatic ring is 2. The van der Waals surface area contributed by atoms with Gasteiger partial charge in [-0.2, -0.15) is 0 Å². The van der Waals surface area contributed by atoms with E-state index in [1.54, 1.807) is 11.3 Å². The molecule has 0 saturated carbocycles. The summed E-state index contributed by atoms with van der Waals surface area (Å²) < 4.78 is 0. The molecule has 0 fully saturated rings. The second-order valence-corrected chi connectivity index (χ2v) is 6.90. The van der Waals surface area contributed by atoms with Gasteiger partial charge in [0.2, 0.25) is 0 Å². The Balaban J connectivity index is 1.89. The molecule has 3 rings (SSSR count). The van der Waals surface area contributed by atoms with Gasteiger partial charge in [-0.25, -0.2) is 0 Å². The SMILES string of the molecule is N=C(N)c1ccc(-c2ccc(-c3ccc(C(=N)N)s3)s2)cc1. The molecule has 22 heavy (non-hydrogen) atoms. The van der Waals surface area contributed by atoms with Crippen LogP contribution in [-0.2, 0) is 0 Å². The molecule has 0 aliphatic rings. The fraction of sp³-hybridized carbons (Fsp3) is 0. The quantitative estimate of drug-likeness (QED) is 0.434. The summed E-state index contributed by atoms with van der Waals surface area (Å²) in [7, 11) is 0. The number of thiophene rings is 2. The molecule has 0 radical (unpaired) electrons. The molecule has 4 nitrogen and oxygen atoms in total. The summed E-state index contributed by atoms with van der Waals surface area (Å²) in [5.74, 6) is 0.182. The van der Waals surface area contributed by atoms with Crippen LogP contribution >= 0.6 is 22.7 Å². The van der Waals surface area contributed by atoms with E-state index in [0.717, 1.165) is 30.6 Å². The molecule has 0 aliphatic carbocycles. The predicted octanol–water partition coefficient (Wildman–Crippen LogP) is 3.71. The van der Waals surface area contributed by atoms with E-state index in [4.69, 9.17) is 22.3 Å². The summed E-state index contributed by atoms with van der Waals surface area (Å²) in [4.78, 5) is 4.21. The van der Waals surface area contributed by atoms with Crippen molar-refractivity contribution in [3.05, 3.63) is 59.0 Å². The van der Waals surface area contributed by atoms with Crippen LogP contribution in [0.4, 0.5) is 0 Å². The van der Waals surface area contributed by atoms with E-state index in [1.165, 1.54) is 11.3 Å². The van der Waals surface area contributed by atoms with Gasteiger partial charge >= 0.3 is 0 Å². The highest BCUT2D eigenvalue weighted by atomic mass is 32.1. The van der Waals surface area contributed by atoms with E-state index in [-0.39, 0.29) is 11.7 Å². The summed E-state index contributed by atoms with van der Waals surface area (Å²) in [5.41, 5.74) is 12.8. The first-order valence-corrected chi connectivity index (χ1v) is 8.17. The number of rotatable bonds is 4. The summed E-state index contributed by atoms with van der Waals surface area (Å²) >= 11 is 3.22. The number of nitrogens with two attached hydrogens (primary N) is 2. The zero-order valence-electron chi connectivity index (χ0n) is 11.6. The fourth-order valence-electron chi connectivity index (χ4n) is 2.05. The third-order valence-corrected chi connectivity index (χ3v) is 5.65. The Morgan fingerprint density at radius 3 is 1.86 bits per heavy atom. The lowest BCUT2D eigenvalue weighted by molar-refractivity contribution is 1.43. The van der Waals surface area contributed by atoms with Gasteiger partial charge in [-0.15, -0.1) is 22.7 Å². The molecule has 2 aromatic heterocycles. The van der Waals surface area contributed by atoms with Gasteiger partial charge < -0.3 is 11.5 Å². The summed E-state index contributed by atoms with van der Waals surface area (Å²) in [6.07, 6.45) is 0. The van der Waals surface area contributed by atoms with Crippen molar-refractivity contribution in [3.63, 3.8) is 0 Å². The highest BCUT2D eigenvalue weighted by Gasteiger charge is 2.09. The number of hydrogen-bond acceptors (Lipinski definition) is 4. The van der Waals surface area contributed by atoms with Crippen LogP contribution in [0.1, 0.15) is 10.4 Å². The van der Waals surface area contributed by atoms with Crippen LogP contribution in [0.5, 0.6) is 0 Å². The standard InChI is InChI=1S/C16H14N4S2/c17-15(18)10-3-1-9(2-4-10)11-5-6-12(21-11)13-7-8-14(22-13)16(19)20/h1-8H,(H3,17,18)(H3,19,20). The maximum absolute atomic E-state index is 7.47. The minimum Gasteiger partial charge on any atom is -0.384 e. The number of amidine groups is 2. The monoisotopic (exact) mass is 326 g/mol. The van der Waals surface area contributed by atoms with Gasteiger partial charge in [0.25, 0.3) is 0 Å². The number of benzene rings is 1. The Morgan fingerprint density at radius 2 is 1.27 bits per heavy atom. The zero-order valence-corrected chi connectivity index (χ0v) is 13.2. The second-order valence-electron chi connectivity index (χ2n) is 4.73. The average Bonchev–Trinajstić information content (AvgIpc) is 3.16. The summed E-state index contributed by atoms with van der Waals surface area (Å²) in [5, 5.41) is 14.9. The minimum absolute atomic E-state index is 0.0776. The van der Waals surface area contributed by atoms with E-state index in [2.05, 4.69) is 12.1 Å². The first-order valence-electron chi connectivity index (χ1n) is 6.54. The molecule has 0 spiro atoms. The van der Waals surface area contributed by atoms with Crippen molar-refractivity contribution in [2.24, 2.45) is 11.5 Å². The van der Waals surface area contributed by atoms with E-state index in [1.807, 2.05) is 36.4 Å². The lowest BCUT2D eigenvalue weighted by Crippen LogP contribution is -2.10. The zero-order chi connectivity index (χ0) is 15.7. The van der Waals surface area contributed by atoms with Crippen LogP contribution in [0.15, 0.2) is 48.5 Å². The number of nitrogens with one attached hydrogen (secondary N) is 2. The Hall–Kier alpha value is -2.44. The molecular formula is C16H14N4S2. The summed E-state index contributed by atoms with van der Waals surface area (Å²) in [6, 6.07) is 15.7. The van der Waals surface area contributed by atoms with E-state index < -0.39 is 0 Å². The molecule has 6 heteroatoms. The topological polar surface area (TPSA) is 99.7 Å². The molecular weight excluding hydrogens is 312 g/mol. The van der Waals surface area contributed by atoms with E-state index >= 15 is 0 Å². The lowest BCUT2D eigenvalue weighted by atomic mass is 10.1. The third-order valence-electron chi connectivity index (χ3n) is 3.20. The Morgan fingerprint density at radius 1 is 0.682 bits per heavy atom.